The number of hydrogen-bond donors (Lipinski definition) is 5. The lowest BCUT2D eigenvalue weighted by Gasteiger charge is -2.15. The lowest BCUT2D eigenvalue weighted by atomic mass is 10.1. The Labute approximate surface area is 197 Å². The van der Waals surface area contributed by atoms with Crippen LogP contribution in [-0.4, -0.2) is 73.1 Å². The van der Waals surface area contributed by atoms with Crippen molar-refractivity contribution in [1.82, 2.24) is 21.3 Å². The molecular weight excluding hydrogens is 444 g/mol. The number of unbranched alkanes of at least 4 members (excludes halogenated alkanes) is 1. The van der Waals surface area contributed by atoms with E-state index in [4.69, 9.17) is 9.57 Å². The third-order valence-corrected chi connectivity index (χ3v) is 5.18. The van der Waals surface area contributed by atoms with Crippen molar-refractivity contribution in [1.29, 1.82) is 0 Å². The topological polar surface area (TPSA) is 163 Å². The second-order valence-electron chi connectivity index (χ2n) is 7.86. The molecule has 1 aromatic carbocycles. The first-order valence-corrected chi connectivity index (χ1v) is 11.2. The van der Waals surface area contributed by atoms with Crippen LogP contribution in [0.25, 0.3) is 0 Å². The Kier molecular flexibility index (Phi) is 9.50. The van der Waals surface area contributed by atoms with Gasteiger partial charge in [-0.3, -0.25) is 9.79 Å². The van der Waals surface area contributed by atoms with Crippen molar-refractivity contribution in [3.05, 3.63) is 35.9 Å². The van der Waals surface area contributed by atoms with E-state index < -0.39 is 24.0 Å². The molecule has 12 heteroatoms. The lowest BCUT2D eigenvalue weighted by molar-refractivity contribution is -0.139. The number of aliphatic imine (C=N–C) groups is 1. The summed E-state index contributed by atoms with van der Waals surface area (Å²) in [5.41, 5.74) is 0.964. The van der Waals surface area contributed by atoms with Crippen LogP contribution in [0.3, 0.4) is 0 Å². The van der Waals surface area contributed by atoms with Crippen molar-refractivity contribution in [3.8, 4) is 0 Å². The number of rotatable bonds is 12. The Morgan fingerprint density at radius 1 is 1.24 bits per heavy atom. The standard InChI is InChI=1S/C22H30N6O6/c29-19(17-12-16(34-28-17)8-4-5-9-23-21-24-10-11-25-21)26-13-18(20(30)31)27-22(32)33-14-15-6-2-1-3-7-15/h1-3,6-7,16,18H,4-5,8-14H2,(H,26,29)(H,27,32)(H,30,31)(H2,23,24,25). The maximum atomic E-state index is 12.3. The molecule has 0 spiro atoms. The molecule has 2 amide bonds. The quantitative estimate of drug-likeness (QED) is 0.271. The van der Waals surface area contributed by atoms with E-state index in [0.717, 1.165) is 50.4 Å². The molecule has 2 heterocycles. The zero-order valence-corrected chi connectivity index (χ0v) is 18.8. The monoisotopic (exact) mass is 474 g/mol. The van der Waals surface area contributed by atoms with Crippen molar-refractivity contribution >= 4 is 29.6 Å². The molecule has 5 N–H and O–H groups in total. The van der Waals surface area contributed by atoms with E-state index in [1.807, 2.05) is 6.07 Å². The highest BCUT2D eigenvalue weighted by atomic mass is 16.6. The summed E-state index contributed by atoms with van der Waals surface area (Å²) in [7, 11) is 0. The molecule has 34 heavy (non-hydrogen) atoms. The Balaban J connectivity index is 1.31. The van der Waals surface area contributed by atoms with Gasteiger partial charge in [-0.05, 0) is 24.8 Å². The van der Waals surface area contributed by atoms with Gasteiger partial charge in [-0.15, -0.1) is 0 Å². The third kappa shape index (κ3) is 8.26. The number of alkyl carbamates (subject to hydrolysis) is 1. The van der Waals surface area contributed by atoms with E-state index in [-0.39, 0.29) is 25.0 Å². The Hall–Kier alpha value is -3.83. The molecule has 0 aliphatic carbocycles. The number of carboxylic acids is 1. The highest BCUT2D eigenvalue weighted by Gasteiger charge is 2.27. The van der Waals surface area contributed by atoms with Crippen LogP contribution in [0.5, 0.6) is 0 Å². The first-order chi connectivity index (χ1) is 16.5. The van der Waals surface area contributed by atoms with Gasteiger partial charge in [-0.1, -0.05) is 35.5 Å². The molecule has 0 bridgehead atoms. The highest BCUT2D eigenvalue weighted by molar-refractivity contribution is 6.39. The van der Waals surface area contributed by atoms with Gasteiger partial charge >= 0.3 is 12.1 Å². The molecule has 2 atom stereocenters. The summed E-state index contributed by atoms with van der Waals surface area (Å²) in [6, 6.07) is 7.64. The summed E-state index contributed by atoms with van der Waals surface area (Å²) in [4.78, 5) is 45.3. The molecule has 0 fully saturated rings. The predicted molar refractivity (Wildman–Crippen MR) is 123 cm³/mol. The van der Waals surface area contributed by atoms with Crippen LogP contribution in [0, 0.1) is 0 Å². The number of ether oxygens (including phenoxy) is 1. The van der Waals surface area contributed by atoms with Gasteiger partial charge in [0.05, 0.1) is 6.54 Å². The first-order valence-electron chi connectivity index (χ1n) is 11.2. The van der Waals surface area contributed by atoms with Gasteiger partial charge in [-0.25, -0.2) is 9.59 Å². The zero-order valence-electron chi connectivity index (χ0n) is 18.8. The molecule has 1 aromatic rings. The fraction of sp³-hybridized carbons (Fsp3) is 0.500. The maximum absolute atomic E-state index is 12.3. The number of carbonyl (C=O) groups is 3. The number of benzene rings is 1. The van der Waals surface area contributed by atoms with Gasteiger partial charge in [0.15, 0.2) is 5.96 Å². The fourth-order valence-corrected chi connectivity index (χ4v) is 3.34. The second-order valence-corrected chi connectivity index (χ2v) is 7.86. The van der Waals surface area contributed by atoms with Crippen molar-refractivity contribution in [2.24, 2.45) is 10.1 Å². The van der Waals surface area contributed by atoms with Gasteiger partial charge in [0, 0.05) is 26.1 Å². The van der Waals surface area contributed by atoms with Crippen LogP contribution in [0.1, 0.15) is 31.2 Å². The number of carboxylic acid groups (broad SMARTS) is 1. The Bertz CT molecular complexity index is 906. The molecular formula is C22H30N6O6. The molecule has 0 aromatic heterocycles. The normalized spacial score (nSPS) is 17.5. The van der Waals surface area contributed by atoms with E-state index in [1.54, 1.807) is 24.3 Å². The summed E-state index contributed by atoms with van der Waals surface area (Å²) in [6.45, 7) is 2.14. The zero-order chi connectivity index (χ0) is 24.2. The van der Waals surface area contributed by atoms with Crippen LogP contribution in [-0.2, 0) is 25.8 Å². The largest absolute Gasteiger partial charge is 0.480 e. The SMILES string of the molecule is O=C(NC(CNC(=O)C1=NOC(CCCCNC2=NCCN2)C1)C(=O)O)OCc1ccccc1. The van der Waals surface area contributed by atoms with Gasteiger partial charge in [0.2, 0.25) is 0 Å². The molecule has 0 radical (unpaired) electrons. The molecule has 0 saturated heterocycles. The fourth-order valence-electron chi connectivity index (χ4n) is 3.34. The molecule has 2 aliphatic heterocycles. The summed E-state index contributed by atoms with van der Waals surface area (Å²) >= 11 is 0. The number of oxime groups is 1. The number of aliphatic carboxylic acids is 1. The average molecular weight is 475 g/mol. The van der Waals surface area contributed by atoms with Crippen LogP contribution < -0.4 is 21.3 Å². The summed E-state index contributed by atoms with van der Waals surface area (Å²) in [6.07, 6.45) is 1.83. The maximum Gasteiger partial charge on any atom is 0.408 e. The molecule has 2 unspecified atom stereocenters. The molecule has 3 rings (SSSR count). The van der Waals surface area contributed by atoms with Crippen molar-refractivity contribution in [2.75, 3.05) is 26.2 Å². The highest BCUT2D eigenvalue weighted by Crippen LogP contribution is 2.16. The summed E-state index contributed by atoms with van der Waals surface area (Å²) in [5.74, 6) is -0.995. The molecule has 184 valence electrons. The molecule has 12 nitrogen and oxygen atoms in total. The first kappa shape index (κ1) is 24.8. The number of nitrogens with one attached hydrogen (secondary N) is 4. The summed E-state index contributed by atoms with van der Waals surface area (Å²) in [5, 5.41) is 24.2. The van der Waals surface area contributed by atoms with Crippen molar-refractivity contribution < 1.29 is 29.1 Å². The second kappa shape index (κ2) is 13.0. The smallest absolute Gasteiger partial charge is 0.408 e. The number of nitrogens with zero attached hydrogens (tertiary/aromatic N) is 2. The summed E-state index contributed by atoms with van der Waals surface area (Å²) < 4.78 is 5.03. The minimum absolute atomic E-state index is 0.00259. The van der Waals surface area contributed by atoms with Crippen LogP contribution in [0.2, 0.25) is 0 Å². The minimum Gasteiger partial charge on any atom is -0.480 e. The van der Waals surface area contributed by atoms with Gasteiger partial charge in [-0.2, -0.15) is 0 Å². The number of guanidine groups is 1. The minimum atomic E-state index is -1.35. The van der Waals surface area contributed by atoms with E-state index in [0.29, 0.717) is 6.42 Å². The number of carbonyl (C=O) groups excluding carboxylic acids is 2. The van der Waals surface area contributed by atoms with E-state index in [9.17, 15) is 19.5 Å². The third-order valence-electron chi connectivity index (χ3n) is 5.18. The van der Waals surface area contributed by atoms with Gasteiger partial charge in [0.1, 0.15) is 24.5 Å². The number of amides is 2. The molecule has 2 aliphatic rings. The van der Waals surface area contributed by atoms with Crippen LogP contribution >= 0.6 is 0 Å². The van der Waals surface area contributed by atoms with Crippen LogP contribution in [0.15, 0.2) is 40.5 Å². The lowest BCUT2D eigenvalue weighted by Crippen LogP contribution is -2.49. The van der Waals surface area contributed by atoms with Crippen molar-refractivity contribution in [2.45, 2.75) is 44.4 Å². The van der Waals surface area contributed by atoms with Gasteiger partial charge < -0.3 is 35.9 Å². The van der Waals surface area contributed by atoms with E-state index in [2.05, 4.69) is 31.4 Å². The van der Waals surface area contributed by atoms with E-state index >= 15 is 0 Å². The van der Waals surface area contributed by atoms with Crippen LogP contribution in [0.4, 0.5) is 4.79 Å². The number of hydrogen-bond acceptors (Lipinski definition) is 9. The van der Waals surface area contributed by atoms with Crippen molar-refractivity contribution in [3.63, 3.8) is 0 Å². The predicted octanol–water partition coefficient (Wildman–Crippen LogP) is 0.346. The van der Waals surface area contributed by atoms with E-state index in [1.165, 1.54) is 0 Å². The Morgan fingerprint density at radius 3 is 2.79 bits per heavy atom. The molecule has 0 saturated carbocycles. The Morgan fingerprint density at radius 2 is 2.06 bits per heavy atom. The van der Waals surface area contributed by atoms with Gasteiger partial charge in [0.25, 0.3) is 5.91 Å². The average Bonchev–Trinajstić information content (AvgIpc) is 3.53.